The molecule has 5 nitrogen and oxygen atoms in total. The van der Waals surface area contributed by atoms with Crippen LogP contribution in [0.3, 0.4) is 0 Å². The molecule has 1 aromatic carbocycles. The Kier molecular flexibility index (Phi) is 7.14. The minimum atomic E-state index is -0.0792. The Labute approximate surface area is 143 Å². The second-order valence-electron chi connectivity index (χ2n) is 5.82. The summed E-state index contributed by atoms with van der Waals surface area (Å²) in [7, 11) is 0. The molecule has 1 saturated heterocycles. The number of benzene rings is 1. The molecule has 0 aliphatic carbocycles. The van der Waals surface area contributed by atoms with Crippen molar-refractivity contribution < 1.29 is 9.53 Å². The van der Waals surface area contributed by atoms with E-state index in [0.717, 1.165) is 37.2 Å². The highest BCUT2D eigenvalue weighted by atomic mass is 16.5. The SMILES string of the molecule is C#CCOc1ccc(CN2CCCC2C(=O)NCCCC#N)cc1. The van der Waals surface area contributed by atoms with Crippen molar-refractivity contribution >= 4 is 5.91 Å². The molecule has 2 rings (SSSR count). The summed E-state index contributed by atoms with van der Waals surface area (Å²) in [6.07, 6.45) is 8.26. The van der Waals surface area contributed by atoms with Crippen molar-refractivity contribution in [3.8, 4) is 24.2 Å². The van der Waals surface area contributed by atoms with Crippen LogP contribution < -0.4 is 10.1 Å². The van der Waals surface area contributed by atoms with Crippen LogP contribution in [0.15, 0.2) is 24.3 Å². The maximum atomic E-state index is 12.3. The lowest BCUT2D eigenvalue weighted by molar-refractivity contribution is -0.125. The van der Waals surface area contributed by atoms with E-state index in [1.807, 2.05) is 24.3 Å². The highest BCUT2D eigenvalue weighted by molar-refractivity contribution is 5.82. The average molecular weight is 325 g/mol. The first-order valence-corrected chi connectivity index (χ1v) is 8.28. The Balaban J connectivity index is 1.85. The first-order valence-electron chi connectivity index (χ1n) is 8.28. The Hall–Kier alpha value is -2.50. The third-order valence-corrected chi connectivity index (χ3v) is 4.06. The van der Waals surface area contributed by atoms with Crippen molar-refractivity contribution in [1.82, 2.24) is 10.2 Å². The van der Waals surface area contributed by atoms with Crippen molar-refractivity contribution in [1.29, 1.82) is 5.26 Å². The van der Waals surface area contributed by atoms with Crippen LogP contribution in [0.5, 0.6) is 5.75 Å². The van der Waals surface area contributed by atoms with Gasteiger partial charge < -0.3 is 10.1 Å². The van der Waals surface area contributed by atoms with Crippen LogP contribution in [-0.2, 0) is 11.3 Å². The quantitative estimate of drug-likeness (QED) is 0.587. The number of amides is 1. The molecule has 0 saturated carbocycles. The largest absolute Gasteiger partial charge is 0.481 e. The molecule has 0 aromatic heterocycles. The zero-order chi connectivity index (χ0) is 17.2. The molecule has 24 heavy (non-hydrogen) atoms. The Morgan fingerprint density at radius 2 is 2.21 bits per heavy atom. The lowest BCUT2D eigenvalue weighted by Crippen LogP contribution is -2.43. The van der Waals surface area contributed by atoms with E-state index in [2.05, 4.69) is 22.2 Å². The number of rotatable bonds is 8. The lowest BCUT2D eigenvalue weighted by Gasteiger charge is -2.23. The molecule has 1 unspecified atom stereocenters. The summed E-state index contributed by atoms with van der Waals surface area (Å²) in [6, 6.07) is 9.82. The van der Waals surface area contributed by atoms with Crippen LogP contribution >= 0.6 is 0 Å². The van der Waals surface area contributed by atoms with Gasteiger partial charge in [0, 0.05) is 19.5 Å². The number of likely N-dealkylation sites (tertiary alicyclic amines) is 1. The monoisotopic (exact) mass is 325 g/mol. The van der Waals surface area contributed by atoms with Crippen molar-refractivity contribution in [3.05, 3.63) is 29.8 Å². The van der Waals surface area contributed by atoms with Gasteiger partial charge in [-0.2, -0.15) is 5.26 Å². The summed E-state index contributed by atoms with van der Waals surface area (Å²) in [5.74, 6) is 3.26. The predicted octanol–water partition coefficient (Wildman–Crippen LogP) is 2.08. The number of ether oxygens (including phenoxy) is 1. The summed E-state index contributed by atoms with van der Waals surface area (Å²) in [5.41, 5.74) is 1.15. The minimum absolute atomic E-state index is 0.0689. The Morgan fingerprint density at radius 1 is 1.42 bits per heavy atom. The second kappa shape index (κ2) is 9.60. The van der Waals surface area contributed by atoms with Crippen LogP contribution in [0.2, 0.25) is 0 Å². The molecule has 0 spiro atoms. The average Bonchev–Trinajstić information content (AvgIpc) is 3.06. The van der Waals surface area contributed by atoms with Crippen LogP contribution in [0, 0.1) is 23.7 Å². The summed E-state index contributed by atoms with van der Waals surface area (Å²) in [4.78, 5) is 14.5. The van der Waals surface area contributed by atoms with Crippen LogP contribution in [0.4, 0.5) is 0 Å². The van der Waals surface area contributed by atoms with Crippen LogP contribution in [0.25, 0.3) is 0 Å². The molecule has 0 bridgehead atoms. The number of nitriles is 1. The van der Waals surface area contributed by atoms with E-state index in [1.165, 1.54) is 0 Å². The Morgan fingerprint density at radius 3 is 2.92 bits per heavy atom. The molecule has 1 fully saturated rings. The topological polar surface area (TPSA) is 65.4 Å². The maximum absolute atomic E-state index is 12.3. The van der Waals surface area contributed by atoms with E-state index in [4.69, 9.17) is 16.4 Å². The van der Waals surface area contributed by atoms with Crippen molar-refractivity contribution in [3.63, 3.8) is 0 Å². The van der Waals surface area contributed by atoms with Gasteiger partial charge in [-0.3, -0.25) is 9.69 Å². The van der Waals surface area contributed by atoms with Gasteiger partial charge in [0.25, 0.3) is 0 Å². The van der Waals surface area contributed by atoms with E-state index in [0.29, 0.717) is 19.4 Å². The highest BCUT2D eigenvalue weighted by Gasteiger charge is 2.30. The molecule has 1 aliphatic heterocycles. The van der Waals surface area contributed by atoms with Gasteiger partial charge in [-0.05, 0) is 43.5 Å². The number of hydrogen-bond acceptors (Lipinski definition) is 4. The van der Waals surface area contributed by atoms with Gasteiger partial charge in [-0.25, -0.2) is 0 Å². The van der Waals surface area contributed by atoms with Crippen molar-refractivity contribution in [2.45, 2.75) is 38.3 Å². The number of terminal acetylenes is 1. The van der Waals surface area contributed by atoms with E-state index in [9.17, 15) is 4.79 Å². The van der Waals surface area contributed by atoms with Gasteiger partial charge >= 0.3 is 0 Å². The van der Waals surface area contributed by atoms with Gasteiger partial charge in [-0.1, -0.05) is 18.1 Å². The molecule has 1 heterocycles. The van der Waals surface area contributed by atoms with E-state index < -0.39 is 0 Å². The molecule has 1 atom stereocenters. The summed E-state index contributed by atoms with van der Waals surface area (Å²) >= 11 is 0. The normalized spacial score (nSPS) is 17.0. The van der Waals surface area contributed by atoms with Gasteiger partial charge in [0.15, 0.2) is 0 Å². The molecular formula is C19H23N3O2. The predicted molar refractivity (Wildman–Crippen MR) is 92.1 cm³/mol. The number of nitrogens with one attached hydrogen (secondary N) is 1. The van der Waals surface area contributed by atoms with Crippen LogP contribution in [0.1, 0.15) is 31.2 Å². The van der Waals surface area contributed by atoms with Gasteiger partial charge in [0.2, 0.25) is 5.91 Å². The number of nitrogens with zero attached hydrogens (tertiary/aromatic N) is 2. The lowest BCUT2D eigenvalue weighted by atomic mass is 10.1. The fraction of sp³-hybridized carbons (Fsp3) is 0.474. The number of hydrogen-bond donors (Lipinski definition) is 1. The van der Waals surface area contributed by atoms with Crippen LogP contribution in [-0.4, -0.2) is 36.5 Å². The Bertz CT molecular complexity index is 613. The highest BCUT2D eigenvalue weighted by Crippen LogP contribution is 2.21. The van der Waals surface area contributed by atoms with Crippen molar-refractivity contribution in [2.24, 2.45) is 0 Å². The van der Waals surface area contributed by atoms with E-state index in [1.54, 1.807) is 0 Å². The molecule has 1 aliphatic rings. The summed E-state index contributed by atoms with van der Waals surface area (Å²) < 4.78 is 5.37. The zero-order valence-corrected chi connectivity index (χ0v) is 13.8. The molecule has 126 valence electrons. The first kappa shape index (κ1) is 17.8. The molecule has 5 heteroatoms. The molecule has 1 aromatic rings. The molecule has 1 amide bonds. The smallest absolute Gasteiger partial charge is 0.237 e. The van der Waals surface area contributed by atoms with Gasteiger partial charge in [-0.15, -0.1) is 6.42 Å². The van der Waals surface area contributed by atoms with E-state index in [-0.39, 0.29) is 18.6 Å². The summed E-state index contributed by atoms with van der Waals surface area (Å²) in [6.45, 7) is 2.49. The molecule has 1 N–H and O–H groups in total. The molecule has 0 radical (unpaired) electrons. The minimum Gasteiger partial charge on any atom is -0.481 e. The standard InChI is InChI=1S/C19H23N3O2/c1-2-14-24-17-9-7-16(8-10-17)15-22-13-5-6-18(22)19(23)21-12-4-3-11-20/h1,7-10,18H,3-6,12-15H2,(H,21,23). The number of unbranched alkanes of at least 4 members (excludes halogenated alkanes) is 1. The van der Waals surface area contributed by atoms with Gasteiger partial charge in [0.05, 0.1) is 12.1 Å². The fourth-order valence-corrected chi connectivity index (χ4v) is 2.86. The van der Waals surface area contributed by atoms with Crippen molar-refractivity contribution in [2.75, 3.05) is 19.7 Å². The molecular weight excluding hydrogens is 302 g/mol. The first-order chi connectivity index (χ1) is 11.7. The fourth-order valence-electron chi connectivity index (χ4n) is 2.86. The second-order valence-corrected chi connectivity index (χ2v) is 5.82. The number of carbonyl (C=O) groups excluding carboxylic acids is 1. The summed E-state index contributed by atoms with van der Waals surface area (Å²) in [5, 5.41) is 11.5. The van der Waals surface area contributed by atoms with E-state index >= 15 is 0 Å². The van der Waals surface area contributed by atoms with Gasteiger partial charge in [0.1, 0.15) is 12.4 Å². The number of carbonyl (C=O) groups is 1. The zero-order valence-electron chi connectivity index (χ0n) is 13.8. The maximum Gasteiger partial charge on any atom is 0.237 e. The third kappa shape index (κ3) is 5.30. The third-order valence-electron chi connectivity index (χ3n) is 4.06.